The van der Waals surface area contributed by atoms with Crippen LogP contribution in [-0.2, 0) is 5.41 Å². The van der Waals surface area contributed by atoms with Crippen molar-refractivity contribution in [2.45, 2.75) is 43.9 Å². The highest BCUT2D eigenvalue weighted by atomic mass is 16.3. The van der Waals surface area contributed by atoms with Crippen LogP contribution in [0.3, 0.4) is 0 Å². The molecule has 0 unspecified atom stereocenters. The van der Waals surface area contributed by atoms with Crippen LogP contribution in [0.4, 0.5) is 17.1 Å². The summed E-state index contributed by atoms with van der Waals surface area (Å²) in [5.41, 5.74) is 8.90. The van der Waals surface area contributed by atoms with E-state index in [-0.39, 0.29) is 0 Å². The number of hydrogen-bond acceptors (Lipinski definition) is 3. The Morgan fingerprint density at radius 2 is 0.953 bits per heavy atom. The molecule has 0 radical (unpaired) electrons. The molecule has 0 amide bonds. The molecule has 0 spiro atoms. The molecule has 7 aromatic rings. The van der Waals surface area contributed by atoms with Gasteiger partial charge in [0.1, 0.15) is 22.3 Å². The summed E-state index contributed by atoms with van der Waals surface area (Å²) in [7, 11) is 0. The smallest absolute Gasteiger partial charge is 0.137 e. The predicted molar refractivity (Wildman–Crippen MR) is 176 cm³/mol. The zero-order chi connectivity index (χ0) is 28.1. The number of nitrogens with zero attached hydrogens (tertiary/aromatic N) is 1. The number of para-hydroxylation sites is 2. The monoisotopic (exact) mass is 559 g/mol. The molecule has 2 heterocycles. The molecule has 0 atom stereocenters. The molecule has 4 aliphatic rings. The Bertz CT molecular complexity index is 2050. The molecule has 0 aliphatic heterocycles. The molecular weight excluding hydrogens is 526 g/mol. The van der Waals surface area contributed by atoms with Crippen molar-refractivity contribution in [3.8, 4) is 0 Å². The summed E-state index contributed by atoms with van der Waals surface area (Å²) in [4.78, 5) is 2.39. The topological polar surface area (TPSA) is 29.5 Å². The third kappa shape index (κ3) is 3.60. The standard InChI is InChI=1S/C40H33NO2/c1-3-10-36-32(8-1)34-14-12-30(20-38(34)42-36)41(31-13-15-35-33-9-2-4-11-37(33)43-39(35)21-31)29-7-5-6-28(19-29)40-22-25-16-26(23-40)18-27(17-25)24-40/h1-15,19-21,25-27H,16-18,22-24H2. The Morgan fingerprint density at radius 3 is 1.51 bits per heavy atom. The molecule has 4 saturated carbocycles. The van der Waals surface area contributed by atoms with Crippen LogP contribution in [0.5, 0.6) is 0 Å². The highest BCUT2D eigenvalue weighted by Crippen LogP contribution is 2.61. The van der Waals surface area contributed by atoms with Gasteiger partial charge in [0.2, 0.25) is 0 Å². The van der Waals surface area contributed by atoms with Gasteiger partial charge >= 0.3 is 0 Å². The molecule has 210 valence electrons. The summed E-state index contributed by atoms with van der Waals surface area (Å²) in [6.45, 7) is 0. The number of rotatable bonds is 4. The van der Waals surface area contributed by atoms with Crippen molar-refractivity contribution in [1.82, 2.24) is 0 Å². The number of benzene rings is 5. The lowest BCUT2D eigenvalue weighted by Crippen LogP contribution is -2.48. The lowest BCUT2D eigenvalue weighted by Gasteiger charge is -2.57. The quantitative estimate of drug-likeness (QED) is 0.215. The van der Waals surface area contributed by atoms with Crippen LogP contribution in [0, 0.1) is 17.8 Å². The van der Waals surface area contributed by atoms with Gasteiger partial charge in [0.25, 0.3) is 0 Å². The second-order valence-corrected chi connectivity index (χ2v) is 13.6. The largest absolute Gasteiger partial charge is 0.456 e. The number of fused-ring (bicyclic) bond motifs is 6. The van der Waals surface area contributed by atoms with Crippen molar-refractivity contribution in [2.75, 3.05) is 4.90 Å². The van der Waals surface area contributed by atoms with E-state index in [1.165, 1.54) is 49.8 Å². The van der Waals surface area contributed by atoms with E-state index in [2.05, 4.69) is 102 Å². The van der Waals surface area contributed by atoms with E-state index in [1.54, 1.807) is 0 Å². The van der Waals surface area contributed by atoms with Crippen molar-refractivity contribution >= 4 is 60.9 Å². The van der Waals surface area contributed by atoms with Crippen LogP contribution in [-0.4, -0.2) is 0 Å². The molecule has 4 aliphatic carbocycles. The molecule has 11 rings (SSSR count). The highest BCUT2D eigenvalue weighted by molar-refractivity contribution is 6.07. The summed E-state index contributed by atoms with van der Waals surface area (Å²) in [5, 5.41) is 4.61. The normalized spacial score (nSPS) is 24.5. The highest BCUT2D eigenvalue weighted by Gasteiger charge is 2.51. The summed E-state index contributed by atoms with van der Waals surface area (Å²) in [5.74, 6) is 2.74. The van der Waals surface area contributed by atoms with Crippen molar-refractivity contribution in [3.05, 3.63) is 115 Å². The minimum atomic E-state index is 0.335. The molecule has 3 nitrogen and oxygen atoms in total. The van der Waals surface area contributed by atoms with Gasteiger partial charge in [0.15, 0.2) is 0 Å². The lowest BCUT2D eigenvalue weighted by molar-refractivity contribution is -0.00516. The Balaban J connectivity index is 1.16. The first-order valence-electron chi connectivity index (χ1n) is 15.9. The Hall–Kier alpha value is -4.50. The first-order chi connectivity index (χ1) is 21.2. The second kappa shape index (κ2) is 8.76. The molecular formula is C40H33NO2. The Kier molecular flexibility index (Phi) is 4.89. The molecule has 0 saturated heterocycles. The van der Waals surface area contributed by atoms with Gasteiger partial charge in [0, 0.05) is 50.7 Å². The van der Waals surface area contributed by atoms with Crippen LogP contribution < -0.4 is 4.90 Å². The maximum absolute atomic E-state index is 6.37. The van der Waals surface area contributed by atoms with Crippen molar-refractivity contribution in [2.24, 2.45) is 17.8 Å². The van der Waals surface area contributed by atoms with Crippen molar-refractivity contribution < 1.29 is 8.83 Å². The summed E-state index contributed by atoms with van der Waals surface area (Å²) < 4.78 is 12.7. The van der Waals surface area contributed by atoms with Crippen molar-refractivity contribution in [3.63, 3.8) is 0 Å². The van der Waals surface area contributed by atoms with E-state index >= 15 is 0 Å². The lowest BCUT2D eigenvalue weighted by atomic mass is 9.48. The molecule has 0 N–H and O–H groups in total. The summed E-state index contributed by atoms with van der Waals surface area (Å²) >= 11 is 0. The maximum Gasteiger partial charge on any atom is 0.137 e. The summed E-state index contributed by atoms with van der Waals surface area (Å²) in [6.07, 6.45) is 8.45. The van der Waals surface area contributed by atoms with Gasteiger partial charge in [0.05, 0.1) is 0 Å². The third-order valence-corrected chi connectivity index (χ3v) is 11.0. The van der Waals surface area contributed by atoms with Crippen LogP contribution in [0.1, 0.15) is 44.1 Å². The van der Waals surface area contributed by atoms with E-state index in [4.69, 9.17) is 8.83 Å². The van der Waals surface area contributed by atoms with Gasteiger partial charge in [-0.25, -0.2) is 0 Å². The first kappa shape index (κ1) is 24.0. The van der Waals surface area contributed by atoms with E-state index in [0.29, 0.717) is 5.41 Å². The van der Waals surface area contributed by atoms with Crippen LogP contribution in [0.15, 0.2) is 118 Å². The fourth-order valence-corrected chi connectivity index (χ4v) is 9.59. The average molecular weight is 560 g/mol. The molecule has 4 bridgehead atoms. The van der Waals surface area contributed by atoms with E-state index in [9.17, 15) is 0 Å². The fraction of sp³-hybridized carbons (Fsp3) is 0.250. The molecule has 5 aromatic carbocycles. The zero-order valence-electron chi connectivity index (χ0n) is 24.1. The predicted octanol–water partition coefficient (Wildman–Crippen LogP) is 11.4. The van der Waals surface area contributed by atoms with E-state index in [1.807, 2.05) is 12.1 Å². The summed E-state index contributed by atoms with van der Waals surface area (Å²) in [6, 6.07) is 39.4. The zero-order valence-corrected chi connectivity index (χ0v) is 24.1. The molecule has 43 heavy (non-hydrogen) atoms. The average Bonchev–Trinajstić information content (AvgIpc) is 3.58. The third-order valence-electron chi connectivity index (χ3n) is 11.0. The van der Waals surface area contributed by atoms with Gasteiger partial charge in [-0.2, -0.15) is 0 Å². The van der Waals surface area contributed by atoms with Gasteiger partial charge in [-0.3, -0.25) is 0 Å². The number of furan rings is 2. The minimum Gasteiger partial charge on any atom is -0.456 e. The molecule has 4 fully saturated rings. The fourth-order valence-electron chi connectivity index (χ4n) is 9.59. The van der Waals surface area contributed by atoms with Gasteiger partial charge < -0.3 is 13.7 Å². The molecule has 2 aromatic heterocycles. The van der Waals surface area contributed by atoms with Crippen molar-refractivity contribution in [1.29, 1.82) is 0 Å². The second-order valence-electron chi connectivity index (χ2n) is 13.6. The Morgan fingerprint density at radius 1 is 0.465 bits per heavy atom. The van der Waals surface area contributed by atoms with E-state index < -0.39 is 0 Å². The van der Waals surface area contributed by atoms with Gasteiger partial charge in [-0.1, -0.05) is 48.5 Å². The number of anilines is 3. The first-order valence-corrected chi connectivity index (χ1v) is 15.9. The van der Waals surface area contributed by atoms with Gasteiger partial charge in [-0.05, 0) is 116 Å². The van der Waals surface area contributed by atoms with Crippen LogP contribution in [0.25, 0.3) is 43.9 Å². The SMILES string of the molecule is c1cc(N(c2ccc3c(c2)oc2ccccc23)c2ccc3c(c2)oc2ccccc23)cc(C23CC4CC(CC(C4)C2)C3)c1. The van der Waals surface area contributed by atoms with Gasteiger partial charge in [-0.15, -0.1) is 0 Å². The Labute approximate surface area is 250 Å². The van der Waals surface area contributed by atoms with Crippen LogP contribution in [0.2, 0.25) is 0 Å². The maximum atomic E-state index is 6.37. The van der Waals surface area contributed by atoms with E-state index in [0.717, 1.165) is 73.0 Å². The minimum absolute atomic E-state index is 0.335. The van der Waals surface area contributed by atoms with Crippen LogP contribution >= 0.6 is 0 Å². The number of hydrogen-bond donors (Lipinski definition) is 0. The molecule has 3 heteroatoms.